The van der Waals surface area contributed by atoms with Crippen LogP contribution in [0.1, 0.15) is 25.2 Å². The molecule has 8 heteroatoms. The maximum atomic E-state index is 11.7. The van der Waals surface area contributed by atoms with Crippen molar-refractivity contribution in [2.45, 2.75) is 20.4 Å². The fourth-order valence-electron chi connectivity index (χ4n) is 1.94. The molecule has 0 saturated carbocycles. The van der Waals surface area contributed by atoms with Gasteiger partial charge in [-0.05, 0) is 36.8 Å². The van der Waals surface area contributed by atoms with Gasteiger partial charge in [-0.25, -0.2) is 5.43 Å². The summed E-state index contributed by atoms with van der Waals surface area (Å²) >= 11 is 0. The van der Waals surface area contributed by atoms with Crippen LogP contribution in [0.15, 0.2) is 52.2 Å². The van der Waals surface area contributed by atoms with E-state index in [2.05, 4.69) is 21.2 Å². The number of hydrogen-bond acceptors (Lipinski definition) is 5. The van der Waals surface area contributed by atoms with Crippen LogP contribution < -0.4 is 16.1 Å². The number of hydrogen-bond donors (Lipinski definition) is 3. The van der Waals surface area contributed by atoms with E-state index in [1.165, 1.54) is 13.2 Å². The summed E-state index contributed by atoms with van der Waals surface area (Å²) in [6.45, 7) is 3.20. The Morgan fingerprint density at radius 3 is 2.56 bits per heavy atom. The first-order chi connectivity index (χ1) is 12.0. The Morgan fingerprint density at radius 1 is 1.08 bits per heavy atom. The lowest BCUT2D eigenvalue weighted by molar-refractivity contribution is -0.139. The van der Waals surface area contributed by atoms with Gasteiger partial charge in [-0.1, -0.05) is 12.1 Å². The molecule has 0 radical (unpaired) electrons. The maximum absolute atomic E-state index is 11.7. The monoisotopic (exact) mass is 342 g/mol. The molecule has 130 valence electrons. The number of anilines is 1. The quantitative estimate of drug-likeness (QED) is 0.433. The molecule has 8 nitrogen and oxygen atoms in total. The van der Waals surface area contributed by atoms with Crippen molar-refractivity contribution >= 4 is 29.1 Å². The van der Waals surface area contributed by atoms with Gasteiger partial charge in [-0.15, -0.1) is 0 Å². The van der Waals surface area contributed by atoms with E-state index in [9.17, 15) is 14.4 Å². The third-order valence-electron chi connectivity index (χ3n) is 3.14. The molecular weight excluding hydrogens is 324 g/mol. The van der Waals surface area contributed by atoms with E-state index in [-0.39, 0.29) is 12.5 Å². The predicted molar refractivity (Wildman–Crippen MR) is 91.7 cm³/mol. The highest BCUT2D eigenvalue weighted by atomic mass is 16.3. The molecule has 0 spiro atoms. The molecule has 3 N–H and O–H groups in total. The topological polar surface area (TPSA) is 113 Å². The van der Waals surface area contributed by atoms with Crippen LogP contribution in [0.3, 0.4) is 0 Å². The van der Waals surface area contributed by atoms with Gasteiger partial charge in [-0.2, -0.15) is 5.10 Å². The van der Waals surface area contributed by atoms with Gasteiger partial charge in [0.2, 0.25) is 5.91 Å². The standard InChI is InChI=1S/C17H18N4O4/c1-11(13-5-3-6-14(9-13)19-12(2)22)20-21-17(24)16(23)18-10-15-7-4-8-25-15/h3-9H,10H2,1-2H3,(H,18,23)(H,19,22)(H,21,24)/b20-11-. The van der Waals surface area contributed by atoms with Crippen LogP contribution in [0.4, 0.5) is 5.69 Å². The lowest BCUT2D eigenvalue weighted by Crippen LogP contribution is -2.37. The number of benzene rings is 1. The number of rotatable bonds is 5. The van der Waals surface area contributed by atoms with Crippen LogP contribution in [0.5, 0.6) is 0 Å². The molecule has 0 saturated heterocycles. The van der Waals surface area contributed by atoms with E-state index in [0.717, 1.165) is 0 Å². The number of nitrogens with zero attached hydrogens (tertiary/aromatic N) is 1. The molecule has 0 aliphatic rings. The lowest BCUT2D eigenvalue weighted by atomic mass is 10.1. The smallest absolute Gasteiger partial charge is 0.329 e. The maximum Gasteiger partial charge on any atom is 0.329 e. The Labute approximate surface area is 144 Å². The van der Waals surface area contributed by atoms with Crippen molar-refractivity contribution in [1.29, 1.82) is 0 Å². The first-order valence-corrected chi connectivity index (χ1v) is 7.48. The minimum absolute atomic E-state index is 0.112. The van der Waals surface area contributed by atoms with Gasteiger partial charge in [0.05, 0.1) is 18.5 Å². The summed E-state index contributed by atoms with van der Waals surface area (Å²) < 4.78 is 5.05. The number of carbonyl (C=O) groups is 3. The molecule has 1 aromatic heterocycles. The molecule has 2 aromatic rings. The largest absolute Gasteiger partial charge is 0.467 e. The Kier molecular flexibility index (Phi) is 6.05. The summed E-state index contributed by atoms with van der Waals surface area (Å²) in [6, 6.07) is 10.3. The summed E-state index contributed by atoms with van der Waals surface area (Å²) in [5.74, 6) is -1.35. The second kappa shape index (κ2) is 8.44. The van der Waals surface area contributed by atoms with Crippen molar-refractivity contribution in [2.75, 3.05) is 5.32 Å². The minimum atomic E-state index is -0.885. The average Bonchev–Trinajstić information content (AvgIpc) is 3.10. The second-order valence-corrected chi connectivity index (χ2v) is 5.16. The molecule has 0 aliphatic carbocycles. The van der Waals surface area contributed by atoms with Gasteiger partial charge in [0.1, 0.15) is 5.76 Å². The third-order valence-corrected chi connectivity index (χ3v) is 3.14. The van der Waals surface area contributed by atoms with Crippen LogP contribution >= 0.6 is 0 Å². The minimum Gasteiger partial charge on any atom is -0.467 e. The predicted octanol–water partition coefficient (Wildman–Crippen LogP) is 1.39. The van der Waals surface area contributed by atoms with Gasteiger partial charge in [0.25, 0.3) is 0 Å². The first kappa shape index (κ1) is 17.9. The zero-order valence-electron chi connectivity index (χ0n) is 13.8. The number of carbonyl (C=O) groups excluding carboxylic acids is 3. The Bertz CT molecular complexity index is 797. The van der Waals surface area contributed by atoms with Crippen molar-refractivity contribution in [3.8, 4) is 0 Å². The highest BCUT2D eigenvalue weighted by molar-refractivity contribution is 6.35. The second-order valence-electron chi connectivity index (χ2n) is 5.16. The van der Waals surface area contributed by atoms with Crippen LogP contribution in [0.25, 0.3) is 0 Å². The molecule has 1 aromatic carbocycles. The number of hydrazone groups is 1. The molecular formula is C17H18N4O4. The van der Waals surface area contributed by atoms with Gasteiger partial charge >= 0.3 is 11.8 Å². The third kappa shape index (κ3) is 5.61. The van der Waals surface area contributed by atoms with Crippen molar-refractivity contribution in [1.82, 2.24) is 10.7 Å². The van der Waals surface area contributed by atoms with E-state index in [4.69, 9.17) is 4.42 Å². The van der Waals surface area contributed by atoms with Crippen molar-refractivity contribution < 1.29 is 18.8 Å². The molecule has 3 amide bonds. The molecule has 1 heterocycles. The summed E-state index contributed by atoms with van der Waals surface area (Å²) in [7, 11) is 0. The zero-order chi connectivity index (χ0) is 18.2. The fourth-order valence-corrected chi connectivity index (χ4v) is 1.94. The van der Waals surface area contributed by atoms with Crippen LogP contribution in [0, 0.1) is 0 Å². The highest BCUT2D eigenvalue weighted by Crippen LogP contribution is 2.11. The fraction of sp³-hybridized carbons (Fsp3) is 0.176. The zero-order valence-corrected chi connectivity index (χ0v) is 13.8. The molecule has 25 heavy (non-hydrogen) atoms. The van der Waals surface area contributed by atoms with Crippen molar-refractivity contribution in [2.24, 2.45) is 5.10 Å². The number of amides is 3. The van der Waals surface area contributed by atoms with Gasteiger partial charge in [-0.3, -0.25) is 14.4 Å². The van der Waals surface area contributed by atoms with Crippen LogP contribution in [-0.4, -0.2) is 23.4 Å². The van der Waals surface area contributed by atoms with Crippen molar-refractivity contribution in [3.63, 3.8) is 0 Å². The number of nitrogens with one attached hydrogen (secondary N) is 3. The van der Waals surface area contributed by atoms with E-state index < -0.39 is 11.8 Å². The van der Waals surface area contributed by atoms with E-state index in [1.54, 1.807) is 43.3 Å². The molecule has 0 atom stereocenters. The molecule has 0 aliphatic heterocycles. The molecule has 0 fully saturated rings. The first-order valence-electron chi connectivity index (χ1n) is 7.48. The van der Waals surface area contributed by atoms with Crippen LogP contribution in [0.2, 0.25) is 0 Å². The lowest BCUT2D eigenvalue weighted by Gasteiger charge is -2.06. The number of furan rings is 1. The average molecular weight is 342 g/mol. The SMILES string of the molecule is CC(=O)Nc1cccc(/C(C)=N\NC(=O)C(=O)NCc2ccco2)c1. The highest BCUT2D eigenvalue weighted by Gasteiger charge is 2.13. The van der Waals surface area contributed by atoms with E-state index in [0.29, 0.717) is 22.7 Å². The van der Waals surface area contributed by atoms with E-state index >= 15 is 0 Å². The summed E-state index contributed by atoms with van der Waals surface area (Å²) in [5.41, 5.74) is 3.99. The van der Waals surface area contributed by atoms with Gasteiger partial charge in [0, 0.05) is 12.6 Å². The Hall–Kier alpha value is -3.42. The van der Waals surface area contributed by atoms with Gasteiger partial charge < -0.3 is 15.1 Å². The van der Waals surface area contributed by atoms with Gasteiger partial charge in [0.15, 0.2) is 0 Å². The summed E-state index contributed by atoms with van der Waals surface area (Å²) in [6.07, 6.45) is 1.48. The molecule has 2 rings (SSSR count). The van der Waals surface area contributed by atoms with Crippen molar-refractivity contribution in [3.05, 3.63) is 54.0 Å². The summed E-state index contributed by atoms with van der Waals surface area (Å²) in [4.78, 5) is 34.5. The van der Waals surface area contributed by atoms with Crippen LogP contribution in [-0.2, 0) is 20.9 Å². The summed E-state index contributed by atoms with van der Waals surface area (Å²) in [5, 5.41) is 8.98. The normalized spacial score (nSPS) is 10.9. The Balaban J connectivity index is 1.92. The van der Waals surface area contributed by atoms with E-state index in [1.807, 2.05) is 0 Å². The molecule has 0 unspecified atom stereocenters. The molecule has 0 bridgehead atoms. The Morgan fingerprint density at radius 2 is 1.88 bits per heavy atom.